The Morgan fingerprint density at radius 1 is 1.23 bits per heavy atom. The fraction of sp³-hybridized carbons (Fsp3) is 0.417. The van der Waals surface area contributed by atoms with Gasteiger partial charge in [0.15, 0.2) is 0 Å². The quantitative estimate of drug-likeness (QED) is 0.472. The van der Waals surface area contributed by atoms with E-state index in [2.05, 4.69) is 4.98 Å². The van der Waals surface area contributed by atoms with Crippen molar-refractivity contribution in [1.82, 2.24) is 14.3 Å². The SMILES string of the molecule is COc1cc(-c2cnc3cc(OC[C@@H]4COCCO4)ccn23)cc2c1C(=O)N(C(F)C(F)F)CC2. The Morgan fingerprint density at radius 2 is 2.09 bits per heavy atom. The molecule has 0 spiro atoms. The molecule has 0 aliphatic carbocycles. The van der Waals surface area contributed by atoms with Crippen LogP contribution in [0.1, 0.15) is 15.9 Å². The van der Waals surface area contributed by atoms with Crippen LogP contribution >= 0.6 is 0 Å². The Balaban J connectivity index is 1.41. The lowest BCUT2D eigenvalue weighted by atomic mass is 9.94. The molecule has 186 valence electrons. The van der Waals surface area contributed by atoms with E-state index in [1.165, 1.54) is 7.11 Å². The predicted molar refractivity (Wildman–Crippen MR) is 119 cm³/mol. The van der Waals surface area contributed by atoms with Gasteiger partial charge in [0.25, 0.3) is 12.3 Å². The number of alkyl halides is 3. The minimum absolute atomic E-state index is 0.101. The second-order valence-electron chi connectivity index (χ2n) is 8.28. The van der Waals surface area contributed by atoms with Gasteiger partial charge >= 0.3 is 0 Å². The molecule has 0 saturated carbocycles. The largest absolute Gasteiger partial charge is 0.496 e. The number of halogens is 3. The van der Waals surface area contributed by atoms with Crippen molar-refractivity contribution in [3.05, 3.63) is 47.8 Å². The molecule has 35 heavy (non-hydrogen) atoms. The molecule has 1 fully saturated rings. The molecule has 4 heterocycles. The first kappa shape index (κ1) is 23.4. The topological polar surface area (TPSA) is 74.5 Å². The number of amides is 1. The van der Waals surface area contributed by atoms with Crippen LogP contribution in [0.2, 0.25) is 0 Å². The second kappa shape index (κ2) is 9.74. The summed E-state index contributed by atoms with van der Waals surface area (Å²) in [6.45, 7) is 1.84. The number of carbonyl (C=O) groups excluding carboxylic acids is 1. The van der Waals surface area contributed by atoms with E-state index in [9.17, 15) is 18.0 Å². The van der Waals surface area contributed by atoms with E-state index in [0.29, 0.717) is 48.3 Å². The molecule has 11 heteroatoms. The molecule has 8 nitrogen and oxygen atoms in total. The zero-order chi connectivity index (χ0) is 24.5. The first-order valence-electron chi connectivity index (χ1n) is 11.2. The van der Waals surface area contributed by atoms with Crippen molar-refractivity contribution in [3.63, 3.8) is 0 Å². The molecule has 5 rings (SSSR count). The van der Waals surface area contributed by atoms with E-state index in [-0.39, 0.29) is 30.4 Å². The fourth-order valence-corrected chi connectivity index (χ4v) is 4.37. The molecule has 0 N–H and O–H groups in total. The highest BCUT2D eigenvalue weighted by Crippen LogP contribution is 2.35. The van der Waals surface area contributed by atoms with Crippen LogP contribution in [0.25, 0.3) is 16.9 Å². The van der Waals surface area contributed by atoms with Crippen molar-refractivity contribution < 1.29 is 36.9 Å². The van der Waals surface area contributed by atoms with E-state index in [1.54, 1.807) is 24.4 Å². The van der Waals surface area contributed by atoms with Gasteiger partial charge in [0.2, 0.25) is 6.30 Å². The molecule has 2 aliphatic rings. The fourth-order valence-electron chi connectivity index (χ4n) is 4.37. The van der Waals surface area contributed by atoms with Gasteiger partial charge < -0.3 is 23.8 Å². The van der Waals surface area contributed by atoms with Gasteiger partial charge in [0, 0.05) is 24.4 Å². The normalized spacial score (nSPS) is 19.2. The van der Waals surface area contributed by atoms with Gasteiger partial charge in [0.05, 0.1) is 44.4 Å². The zero-order valence-corrected chi connectivity index (χ0v) is 19.0. The van der Waals surface area contributed by atoms with Gasteiger partial charge in [-0.25, -0.2) is 18.2 Å². The highest BCUT2D eigenvalue weighted by atomic mass is 19.3. The molecule has 1 amide bonds. The van der Waals surface area contributed by atoms with E-state index in [0.717, 1.165) is 11.3 Å². The summed E-state index contributed by atoms with van der Waals surface area (Å²) in [7, 11) is 1.38. The van der Waals surface area contributed by atoms with E-state index in [1.807, 2.05) is 16.7 Å². The summed E-state index contributed by atoms with van der Waals surface area (Å²) in [6, 6.07) is 7.03. The van der Waals surface area contributed by atoms with Gasteiger partial charge in [-0.1, -0.05) is 0 Å². The van der Waals surface area contributed by atoms with Crippen LogP contribution in [0, 0.1) is 0 Å². The summed E-state index contributed by atoms with van der Waals surface area (Å²) in [5, 5.41) is 0. The van der Waals surface area contributed by atoms with Gasteiger partial charge in [-0.2, -0.15) is 0 Å². The third-order valence-electron chi connectivity index (χ3n) is 6.11. The van der Waals surface area contributed by atoms with Crippen LogP contribution < -0.4 is 9.47 Å². The molecule has 0 radical (unpaired) electrons. The number of methoxy groups -OCH3 is 1. The number of benzene rings is 1. The molecular weight excluding hydrogens is 467 g/mol. The summed E-state index contributed by atoms with van der Waals surface area (Å²) in [5.41, 5.74) is 2.81. The highest BCUT2D eigenvalue weighted by molar-refractivity contribution is 6.00. The number of hydrogen-bond donors (Lipinski definition) is 0. The van der Waals surface area contributed by atoms with Crippen molar-refractivity contribution in [1.29, 1.82) is 0 Å². The lowest BCUT2D eigenvalue weighted by Crippen LogP contribution is -2.46. The Bertz CT molecular complexity index is 1210. The Kier molecular flexibility index (Phi) is 6.52. The van der Waals surface area contributed by atoms with Crippen LogP contribution in [0.4, 0.5) is 13.2 Å². The van der Waals surface area contributed by atoms with Crippen LogP contribution in [0.15, 0.2) is 36.7 Å². The van der Waals surface area contributed by atoms with Crippen LogP contribution in [-0.4, -0.2) is 79.1 Å². The molecule has 1 unspecified atom stereocenters. The minimum Gasteiger partial charge on any atom is -0.496 e. The van der Waals surface area contributed by atoms with Gasteiger partial charge in [0.1, 0.15) is 29.9 Å². The van der Waals surface area contributed by atoms with Gasteiger partial charge in [-0.3, -0.25) is 9.20 Å². The van der Waals surface area contributed by atoms with Gasteiger partial charge in [-0.05, 0) is 30.2 Å². The maximum atomic E-state index is 13.9. The van der Waals surface area contributed by atoms with Crippen LogP contribution in [0.3, 0.4) is 0 Å². The third kappa shape index (κ3) is 4.53. The van der Waals surface area contributed by atoms with Crippen molar-refractivity contribution in [2.45, 2.75) is 25.2 Å². The number of ether oxygens (including phenoxy) is 4. The standard InChI is InChI=1S/C24H24F3N3O5/c1-32-19-9-15(8-14-2-4-30(23(27)22(25)26)24(31)21(14)19)18-11-28-20-10-16(3-5-29(18)20)35-13-17-12-33-6-7-34-17/h3,5,8-11,17,22-23H,2,4,6-7,12-13H2,1H3/t17-,23?/m0/s1. The molecule has 1 aromatic carbocycles. The predicted octanol–water partition coefficient (Wildman–Crippen LogP) is 3.36. The van der Waals surface area contributed by atoms with Crippen molar-refractivity contribution in [2.75, 3.05) is 40.1 Å². The number of imidazole rings is 1. The minimum atomic E-state index is -3.28. The van der Waals surface area contributed by atoms with E-state index < -0.39 is 18.6 Å². The number of pyridine rings is 1. The number of fused-ring (bicyclic) bond motifs is 2. The monoisotopic (exact) mass is 491 g/mol. The number of nitrogens with zero attached hydrogens (tertiary/aromatic N) is 3. The summed E-state index contributed by atoms with van der Waals surface area (Å²) in [6.07, 6.45) is -2.33. The lowest BCUT2D eigenvalue weighted by Gasteiger charge is -2.31. The number of rotatable bonds is 7. The molecule has 3 aromatic rings. The summed E-state index contributed by atoms with van der Waals surface area (Å²) >= 11 is 0. The smallest absolute Gasteiger partial charge is 0.287 e. The highest BCUT2D eigenvalue weighted by Gasteiger charge is 2.37. The maximum absolute atomic E-state index is 13.9. The average molecular weight is 491 g/mol. The summed E-state index contributed by atoms with van der Waals surface area (Å²) in [5.74, 6) is 0.0188. The molecule has 1 saturated heterocycles. The maximum Gasteiger partial charge on any atom is 0.287 e. The second-order valence-corrected chi connectivity index (χ2v) is 8.28. The van der Waals surface area contributed by atoms with E-state index >= 15 is 0 Å². The van der Waals surface area contributed by atoms with Crippen molar-refractivity contribution >= 4 is 11.6 Å². The average Bonchev–Trinajstić information content (AvgIpc) is 3.30. The van der Waals surface area contributed by atoms with Crippen LogP contribution in [-0.2, 0) is 15.9 Å². The molecular formula is C24H24F3N3O5. The Labute approximate surface area is 199 Å². The van der Waals surface area contributed by atoms with Crippen LogP contribution in [0.5, 0.6) is 11.5 Å². The molecule has 2 aromatic heterocycles. The first-order chi connectivity index (χ1) is 17.0. The van der Waals surface area contributed by atoms with Gasteiger partial charge in [-0.15, -0.1) is 0 Å². The Morgan fingerprint density at radius 3 is 2.83 bits per heavy atom. The first-order valence-corrected chi connectivity index (χ1v) is 11.2. The molecule has 0 bridgehead atoms. The zero-order valence-electron chi connectivity index (χ0n) is 19.0. The lowest BCUT2D eigenvalue weighted by molar-refractivity contribution is -0.101. The third-order valence-corrected chi connectivity index (χ3v) is 6.11. The Hall–Kier alpha value is -3.31. The summed E-state index contributed by atoms with van der Waals surface area (Å²) < 4.78 is 63.8. The number of aromatic nitrogens is 2. The van der Waals surface area contributed by atoms with E-state index in [4.69, 9.17) is 18.9 Å². The molecule has 2 aliphatic heterocycles. The summed E-state index contributed by atoms with van der Waals surface area (Å²) in [4.78, 5) is 17.8. The number of hydrogen-bond acceptors (Lipinski definition) is 6. The van der Waals surface area contributed by atoms with Crippen molar-refractivity contribution in [2.24, 2.45) is 0 Å². The van der Waals surface area contributed by atoms with Crippen molar-refractivity contribution in [3.8, 4) is 22.8 Å². The number of carbonyl (C=O) groups is 1. The molecule has 2 atom stereocenters.